The van der Waals surface area contributed by atoms with E-state index in [0.717, 1.165) is 43.1 Å². The van der Waals surface area contributed by atoms with Crippen molar-refractivity contribution in [1.82, 2.24) is 19.9 Å². The largest absolute Gasteiger partial charge is 0.472 e. The molecule has 1 unspecified atom stereocenters. The van der Waals surface area contributed by atoms with Crippen molar-refractivity contribution in [3.05, 3.63) is 65.5 Å². The molecule has 1 atom stereocenters. The van der Waals surface area contributed by atoms with Crippen LogP contribution in [0.25, 0.3) is 0 Å². The number of rotatable bonds is 5. The molecule has 26 heavy (non-hydrogen) atoms. The second kappa shape index (κ2) is 7.74. The Bertz CT molecular complexity index is 855. The van der Waals surface area contributed by atoms with Crippen LogP contribution < -0.4 is 9.64 Å². The van der Waals surface area contributed by atoms with Crippen LogP contribution in [0, 0.1) is 0 Å². The van der Waals surface area contributed by atoms with Crippen molar-refractivity contribution < 1.29 is 4.74 Å². The molecule has 0 aliphatic carbocycles. The molecule has 2 aromatic heterocycles. The monoisotopic (exact) mass is 369 g/mol. The Hall–Kier alpha value is -2.60. The van der Waals surface area contributed by atoms with Gasteiger partial charge in [-0.05, 0) is 30.5 Å². The topological polar surface area (TPSA) is 66.9 Å². The lowest BCUT2D eigenvalue weighted by atomic mass is 9.97. The van der Waals surface area contributed by atoms with Gasteiger partial charge in [-0.1, -0.05) is 23.7 Å². The molecule has 1 aliphatic heterocycles. The molecule has 0 saturated carbocycles. The molecule has 1 aliphatic rings. The molecule has 3 heterocycles. The molecule has 3 aromatic rings. The summed E-state index contributed by atoms with van der Waals surface area (Å²) in [6, 6.07) is 7.61. The fourth-order valence-electron chi connectivity index (χ4n) is 3.25. The number of nitrogens with zero attached hydrogens (tertiary/aromatic N) is 4. The van der Waals surface area contributed by atoms with E-state index in [4.69, 9.17) is 16.3 Å². The molecule has 134 valence electrons. The van der Waals surface area contributed by atoms with Crippen LogP contribution in [-0.2, 0) is 6.61 Å². The summed E-state index contributed by atoms with van der Waals surface area (Å²) in [5.41, 5.74) is 1.00. The van der Waals surface area contributed by atoms with Crippen molar-refractivity contribution >= 4 is 17.4 Å². The number of hydrogen-bond acceptors (Lipinski definition) is 5. The highest BCUT2D eigenvalue weighted by molar-refractivity contribution is 6.30. The van der Waals surface area contributed by atoms with E-state index in [2.05, 4.69) is 24.8 Å². The summed E-state index contributed by atoms with van der Waals surface area (Å²) in [6.45, 7) is 2.25. The van der Waals surface area contributed by atoms with E-state index in [0.29, 0.717) is 23.4 Å². The molecule has 6 nitrogen and oxygen atoms in total. The molecule has 0 spiro atoms. The van der Waals surface area contributed by atoms with Gasteiger partial charge in [0.2, 0.25) is 5.88 Å². The van der Waals surface area contributed by atoms with Gasteiger partial charge in [0.25, 0.3) is 0 Å². The number of H-pyrrole nitrogens is 1. The highest BCUT2D eigenvalue weighted by atomic mass is 35.5. The minimum Gasteiger partial charge on any atom is -0.472 e. The van der Waals surface area contributed by atoms with Crippen molar-refractivity contribution in [3.63, 3.8) is 0 Å². The number of halogens is 1. The van der Waals surface area contributed by atoms with Crippen LogP contribution in [0.2, 0.25) is 5.02 Å². The van der Waals surface area contributed by atoms with Gasteiger partial charge in [-0.25, -0.2) is 4.98 Å². The predicted molar refractivity (Wildman–Crippen MR) is 101 cm³/mol. The van der Waals surface area contributed by atoms with E-state index in [9.17, 15) is 0 Å². The third-order valence-corrected chi connectivity index (χ3v) is 4.76. The van der Waals surface area contributed by atoms with E-state index in [1.54, 1.807) is 18.6 Å². The van der Waals surface area contributed by atoms with Gasteiger partial charge in [0.1, 0.15) is 12.4 Å². The van der Waals surface area contributed by atoms with E-state index >= 15 is 0 Å². The number of imidazole rings is 1. The zero-order valence-electron chi connectivity index (χ0n) is 14.3. The second-order valence-electron chi connectivity index (χ2n) is 6.39. The zero-order valence-corrected chi connectivity index (χ0v) is 15.1. The van der Waals surface area contributed by atoms with Gasteiger partial charge in [-0.2, -0.15) is 4.98 Å². The second-order valence-corrected chi connectivity index (χ2v) is 6.83. The molecular weight excluding hydrogens is 350 g/mol. The Morgan fingerprint density at radius 2 is 2.27 bits per heavy atom. The molecular formula is C19H20ClN5O. The molecule has 4 rings (SSSR count). The minimum atomic E-state index is 0.386. The molecule has 1 fully saturated rings. The number of nitrogens with one attached hydrogen (secondary N) is 1. The number of ether oxygens (including phenoxy) is 1. The Morgan fingerprint density at radius 1 is 1.31 bits per heavy atom. The maximum atomic E-state index is 6.01. The Labute approximate surface area is 157 Å². The highest BCUT2D eigenvalue weighted by Crippen LogP contribution is 2.27. The molecule has 7 heteroatoms. The van der Waals surface area contributed by atoms with Gasteiger partial charge in [-0.3, -0.25) is 4.98 Å². The summed E-state index contributed by atoms with van der Waals surface area (Å²) in [5.74, 6) is 2.78. The first-order chi connectivity index (χ1) is 12.8. The first kappa shape index (κ1) is 16.8. The van der Waals surface area contributed by atoms with Crippen molar-refractivity contribution in [2.45, 2.75) is 25.4 Å². The van der Waals surface area contributed by atoms with Crippen LogP contribution in [0.4, 0.5) is 5.82 Å². The van der Waals surface area contributed by atoms with E-state index in [1.165, 1.54) is 0 Å². The summed E-state index contributed by atoms with van der Waals surface area (Å²) >= 11 is 6.01. The molecule has 1 N–H and O–H groups in total. The third-order valence-electron chi connectivity index (χ3n) is 4.53. The van der Waals surface area contributed by atoms with Crippen LogP contribution in [-0.4, -0.2) is 33.0 Å². The van der Waals surface area contributed by atoms with Crippen LogP contribution in [0.3, 0.4) is 0 Å². The SMILES string of the molecule is Clc1cccc(COc2cncc(N3CCCC(c4ncc[nH]4)C3)n2)c1. The lowest BCUT2D eigenvalue weighted by Crippen LogP contribution is -2.35. The summed E-state index contributed by atoms with van der Waals surface area (Å²) < 4.78 is 5.80. The summed E-state index contributed by atoms with van der Waals surface area (Å²) in [7, 11) is 0. The van der Waals surface area contributed by atoms with Crippen molar-refractivity contribution in [2.75, 3.05) is 18.0 Å². The summed E-state index contributed by atoms with van der Waals surface area (Å²) in [5, 5.41) is 0.697. The summed E-state index contributed by atoms with van der Waals surface area (Å²) in [4.78, 5) is 18.8. The molecule has 1 saturated heterocycles. The van der Waals surface area contributed by atoms with E-state index in [1.807, 2.05) is 30.5 Å². The van der Waals surface area contributed by atoms with Crippen molar-refractivity contribution in [2.24, 2.45) is 0 Å². The number of benzene rings is 1. The number of anilines is 1. The van der Waals surface area contributed by atoms with Gasteiger partial charge in [0.15, 0.2) is 5.82 Å². The summed E-state index contributed by atoms with van der Waals surface area (Å²) in [6.07, 6.45) is 9.33. The Morgan fingerprint density at radius 3 is 3.12 bits per heavy atom. The van der Waals surface area contributed by atoms with E-state index < -0.39 is 0 Å². The first-order valence-corrected chi connectivity index (χ1v) is 9.09. The first-order valence-electron chi connectivity index (χ1n) is 8.71. The molecule has 0 bridgehead atoms. The maximum Gasteiger partial charge on any atom is 0.234 e. The molecule has 0 radical (unpaired) electrons. The normalized spacial score (nSPS) is 17.3. The lowest BCUT2D eigenvalue weighted by molar-refractivity contribution is 0.292. The smallest absolute Gasteiger partial charge is 0.234 e. The predicted octanol–water partition coefficient (Wildman–Crippen LogP) is 3.82. The van der Waals surface area contributed by atoms with Gasteiger partial charge < -0.3 is 14.6 Å². The van der Waals surface area contributed by atoms with Gasteiger partial charge in [0.05, 0.1) is 12.4 Å². The average molecular weight is 370 g/mol. The van der Waals surface area contributed by atoms with Gasteiger partial charge in [-0.15, -0.1) is 0 Å². The van der Waals surface area contributed by atoms with Gasteiger partial charge >= 0.3 is 0 Å². The molecule has 0 amide bonds. The number of aromatic amines is 1. The Kier molecular flexibility index (Phi) is 5.02. The van der Waals surface area contributed by atoms with Crippen LogP contribution in [0.5, 0.6) is 5.88 Å². The molecule has 1 aromatic carbocycles. The average Bonchev–Trinajstić information content (AvgIpc) is 3.22. The number of hydrogen-bond donors (Lipinski definition) is 1. The number of aromatic nitrogens is 4. The van der Waals surface area contributed by atoms with E-state index in [-0.39, 0.29) is 0 Å². The van der Waals surface area contributed by atoms with Crippen molar-refractivity contribution in [3.8, 4) is 5.88 Å². The Balaban J connectivity index is 1.43. The fourth-order valence-corrected chi connectivity index (χ4v) is 3.47. The third kappa shape index (κ3) is 3.96. The lowest BCUT2D eigenvalue weighted by Gasteiger charge is -2.32. The fraction of sp³-hybridized carbons (Fsp3) is 0.316. The van der Waals surface area contributed by atoms with Crippen LogP contribution in [0.1, 0.15) is 30.1 Å². The standard InChI is InChI=1S/C19H20ClN5O/c20-16-5-1-3-14(9-16)13-26-18-11-21-10-17(24-18)25-8-2-4-15(12-25)19-22-6-7-23-19/h1,3,5-7,9-11,15H,2,4,8,12-13H2,(H,22,23). The van der Waals surface area contributed by atoms with Gasteiger partial charge in [0, 0.05) is 36.4 Å². The van der Waals surface area contributed by atoms with Crippen LogP contribution >= 0.6 is 11.6 Å². The number of piperidine rings is 1. The maximum absolute atomic E-state index is 6.01. The quantitative estimate of drug-likeness (QED) is 0.740. The highest BCUT2D eigenvalue weighted by Gasteiger charge is 2.24. The zero-order chi connectivity index (χ0) is 17.8. The van der Waals surface area contributed by atoms with Crippen molar-refractivity contribution in [1.29, 1.82) is 0 Å². The van der Waals surface area contributed by atoms with Crippen LogP contribution in [0.15, 0.2) is 49.1 Å². The minimum absolute atomic E-state index is 0.386.